The first-order valence-corrected chi connectivity index (χ1v) is 21.3. The summed E-state index contributed by atoms with van der Waals surface area (Å²) in [7, 11) is -8.27. The van der Waals surface area contributed by atoms with Gasteiger partial charge in [-0.3, -0.25) is 9.68 Å². The number of hydrogen-bond acceptors (Lipinski definition) is 12. The molecule has 2 aromatic heterocycles. The van der Waals surface area contributed by atoms with Gasteiger partial charge in [0.25, 0.3) is 20.0 Å². The van der Waals surface area contributed by atoms with E-state index in [1.54, 1.807) is 58.3 Å². The number of carbonyl (C=O) groups is 2. The molecule has 6 aromatic rings. The molecular weight excluding hydrogens is 965 g/mol. The van der Waals surface area contributed by atoms with Crippen molar-refractivity contribution >= 4 is 32.0 Å². The van der Waals surface area contributed by atoms with Crippen LogP contribution >= 0.6 is 0 Å². The zero-order valence-corrected chi connectivity index (χ0v) is 41.3. The molecule has 0 aliphatic rings. The third-order valence-electron chi connectivity index (χ3n) is 8.63. The number of aryl methyl sites for hydroxylation is 2. The third kappa shape index (κ3) is 16.3. The van der Waals surface area contributed by atoms with E-state index in [2.05, 4.69) is 19.9 Å². The number of aliphatic carboxylic acids is 2. The average molecular weight is 1000 g/mol. The monoisotopic (exact) mass is 1000 g/mol. The fourth-order valence-electron chi connectivity index (χ4n) is 5.43. The second-order valence-corrected chi connectivity index (χ2v) is 16.8. The van der Waals surface area contributed by atoms with E-state index < -0.39 is 81.8 Å². The topological polar surface area (TPSA) is 258 Å². The predicted octanol–water partition coefficient (Wildman–Crippen LogP) is -2.38. The second-order valence-electron chi connectivity index (χ2n) is 13.5. The van der Waals surface area contributed by atoms with Gasteiger partial charge in [-0.05, 0) is 74.5 Å². The summed E-state index contributed by atoms with van der Waals surface area (Å²) < 4.78 is 131. The van der Waals surface area contributed by atoms with Gasteiger partial charge in [-0.2, -0.15) is 36.5 Å². The number of sulfonamides is 2. The van der Waals surface area contributed by atoms with E-state index in [-0.39, 0.29) is 97.1 Å². The fourth-order valence-corrected chi connectivity index (χ4v) is 7.09. The SMILES string of the molecule is Cc1ccc(-c2cc(C(F)(F)F)nn2-c2ccc(S(=O)(=O)NOCCC(=O)[O-])cc2)cc1.Cc1ccc(-c2cc(C(F)(F)F)nn2-c2ccc(S(=O)(=O)NOCCC(=O)[O-])cc2)cc1.O.[Na+].[Na+]. The Morgan fingerprint density at radius 3 is 1.13 bits per heavy atom. The molecule has 0 aliphatic heterocycles. The van der Waals surface area contributed by atoms with E-state index in [0.29, 0.717) is 11.1 Å². The molecule has 0 atom stereocenters. The summed E-state index contributed by atoms with van der Waals surface area (Å²) in [5.41, 5.74) is 1.44. The molecule has 4 aromatic carbocycles. The van der Waals surface area contributed by atoms with E-state index in [4.69, 9.17) is 0 Å². The number of halogens is 6. The maximum Gasteiger partial charge on any atom is 1.00 e. The van der Waals surface area contributed by atoms with Crippen LogP contribution in [0.4, 0.5) is 26.3 Å². The molecule has 0 saturated heterocycles. The van der Waals surface area contributed by atoms with Gasteiger partial charge in [0.05, 0.1) is 45.8 Å². The van der Waals surface area contributed by atoms with Crippen molar-refractivity contribution in [1.29, 1.82) is 0 Å². The normalized spacial score (nSPS) is 11.6. The van der Waals surface area contributed by atoms with Crippen LogP contribution in [0.3, 0.4) is 0 Å². The number of aromatic nitrogens is 4. The van der Waals surface area contributed by atoms with Crippen LogP contribution < -0.4 is 79.1 Å². The standard InChI is InChI=1S/2C20H18F3N3O5S.2Na.H2O/c2*1-13-2-4-14(5-3-13)17-12-18(20(21,22)23)24-26(17)15-6-8-16(9-7-15)32(29,30)25-31-11-10-19(27)28;;;/h2*2-9,12,25H,10-11H2,1H3,(H,27,28);;;1H2/q;;2*+1;/p-2. The smallest absolute Gasteiger partial charge is 0.550 e. The predicted molar refractivity (Wildman–Crippen MR) is 213 cm³/mol. The summed E-state index contributed by atoms with van der Waals surface area (Å²) in [5.74, 6) is -2.81. The summed E-state index contributed by atoms with van der Waals surface area (Å²) >= 11 is 0. The molecule has 0 spiro atoms. The number of carbonyl (C=O) groups excluding carboxylic acids is 2. The number of benzene rings is 4. The van der Waals surface area contributed by atoms with E-state index in [9.17, 15) is 63.0 Å². The number of carboxylic acid groups (broad SMARTS) is 2. The Bertz CT molecular complexity index is 2620. The van der Waals surface area contributed by atoms with Gasteiger partial charge in [0.2, 0.25) is 0 Å². The molecule has 348 valence electrons. The molecule has 0 amide bonds. The van der Waals surface area contributed by atoms with Crippen molar-refractivity contribution in [3.8, 4) is 33.9 Å². The summed E-state index contributed by atoms with van der Waals surface area (Å²) in [5, 5.41) is 28.0. The quantitative estimate of drug-likeness (QED) is 0.0446. The minimum Gasteiger partial charge on any atom is -0.550 e. The molecule has 6 rings (SSSR count). The van der Waals surface area contributed by atoms with Gasteiger partial charge in [0, 0.05) is 35.9 Å². The number of nitrogens with zero attached hydrogens (tertiary/aromatic N) is 4. The molecule has 0 fully saturated rings. The zero-order valence-electron chi connectivity index (χ0n) is 35.7. The van der Waals surface area contributed by atoms with E-state index in [1.807, 2.05) is 13.8 Å². The Kier molecular flexibility index (Phi) is 21.6. The first-order valence-electron chi connectivity index (χ1n) is 18.3. The van der Waals surface area contributed by atoms with Gasteiger partial charge in [-0.25, -0.2) is 26.2 Å². The molecule has 27 heteroatoms. The summed E-state index contributed by atoms with van der Waals surface area (Å²) in [6.45, 7) is 2.81. The van der Waals surface area contributed by atoms with Crippen molar-refractivity contribution in [1.82, 2.24) is 29.3 Å². The van der Waals surface area contributed by atoms with Gasteiger partial charge in [0.15, 0.2) is 11.4 Å². The van der Waals surface area contributed by atoms with Gasteiger partial charge in [-0.15, -0.1) is 0 Å². The molecule has 2 heterocycles. The Hall–Kier alpha value is -4.48. The molecular formula is C40H36F6N6Na2O11S2. The summed E-state index contributed by atoms with van der Waals surface area (Å²) in [6.07, 6.45) is -10.4. The molecule has 0 aliphatic carbocycles. The minimum atomic E-state index is -4.67. The molecule has 0 radical (unpaired) electrons. The fraction of sp³-hybridized carbons (Fsp3) is 0.200. The van der Waals surface area contributed by atoms with Crippen LogP contribution in [-0.2, 0) is 51.7 Å². The molecule has 67 heavy (non-hydrogen) atoms. The van der Waals surface area contributed by atoms with E-state index >= 15 is 0 Å². The van der Waals surface area contributed by atoms with Gasteiger partial charge >= 0.3 is 71.5 Å². The first kappa shape index (κ1) is 58.6. The van der Waals surface area contributed by atoms with Crippen molar-refractivity contribution in [2.24, 2.45) is 0 Å². The molecule has 4 N–H and O–H groups in total. The number of alkyl halides is 6. The molecule has 0 unspecified atom stereocenters. The van der Waals surface area contributed by atoms with Gasteiger partial charge in [-0.1, -0.05) is 69.4 Å². The number of rotatable bonds is 16. The summed E-state index contributed by atoms with van der Waals surface area (Å²) in [4.78, 5) is 32.9. The maximum absolute atomic E-state index is 13.3. The van der Waals surface area contributed by atoms with E-state index in [0.717, 1.165) is 56.9 Å². The molecule has 0 saturated carbocycles. The Labute approximate surface area is 423 Å². The van der Waals surface area contributed by atoms with Crippen LogP contribution in [0, 0.1) is 13.8 Å². The van der Waals surface area contributed by atoms with Gasteiger partial charge < -0.3 is 25.3 Å². The first-order chi connectivity index (χ1) is 29.9. The largest absolute Gasteiger partial charge is 1.00 e. The van der Waals surface area contributed by atoms with Crippen molar-refractivity contribution in [3.63, 3.8) is 0 Å². The Morgan fingerprint density at radius 2 is 0.866 bits per heavy atom. The maximum atomic E-state index is 13.3. The van der Waals surface area contributed by atoms with Crippen molar-refractivity contribution in [2.75, 3.05) is 13.2 Å². The van der Waals surface area contributed by atoms with Crippen molar-refractivity contribution in [3.05, 3.63) is 132 Å². The van der Waals surface area contributed by atoms with Crippen LogP contribution in [0.1, 0.15) is 35.4 Å². The van der Waals surface area contributed by atoms with Crippen molar-refractivity contribution < 1.29 is 137 Å². The van der Waals surface area contributed by atoms with E-state index in [1.165, 1.54) is 24.3 Å². The molecule has 0 bridgehead atoms. The zero-order chi connectivity index (χ0) is 47.0. The van der Waals surface area contributed by atoms with Crippen LogP contribution in [0.2, 0.25) is 0 Å². The van der Waals surface area contributed by atoms with Crippen LogP contribution in [0.25, 0.3) is 33.9 Å². The second kappa shape index (κ2) is 24.7. The summed E-state index contributed by atoms with van der Waals surface area (Å²) in [6, 6.07) is 25.3. The average Bonchev–Trinajstić information content (AvgIpc) is 3.89. The van der Waals surface area contributed by atoms with Crippen LogP contribution in [0.15, 0.2) is 119 Å². The molecule has 17 nitrogen and oxygen atoms in total. The van der Waals surface area contributed by atoms with Gasteiger partial charge in [0.1, 0.15) is 0 Å². The van der Waals surface area contributed by atoms with Crippen LogP contribution in [-0.4, -0.2) is 67.0 Å². The van der Waals surface area contributed by atoms with Crippen molar-refractivity contribution in [2.45, 2.75) is 48.8 Å². The number of hydrogen-bond donors (Lipinski definition) is 2. The van der Waals surface area contributed by atoms with Crippen LogP contribution in [0.5, 0.6) is 0 Å². The Morgan fingerprint density at radius 1 is 0.567 bits per heavy atom. The number of carboxylic acids is 2. The number of nitrogens with one attached hydrogen (secondary N) is 2. The third-order valence-corrected chi connectivity index (χ3v) is 11.1. The minimum absolute atomic E-state index is 0. The Balaban J connectivity index is 0.000000440.